The molecule has 1 heterocycles. The van der Waals surface area contributed by atoms with Crippen molar-refractivity contribution in [2.24, 2.45) is 0 Å². The van der Waals surface area contributed by atoms with E-state index in [1.54, 1.807) is 12.1 Å². The number of aryl methyl sites for hydroxylation is 1. The molecule has 7 nitrogen and oxygen atoms in total. The molecule has 2 rings (SSSR count). The second kappa shape index (κ2) is 6.73. The minimum Gasteiger partial charge on any atom is -0.307 e. The number of nitriles is 1. The Morgan fingerprint density at radius 1 is 1.32 bits per heavy atom. The number of hydrogen-bond donors (Lipinski definition) is 3. The smallest absolute Gasteiger partial charge is 0.307 e. The molecule has 1 aromatic heterocycles. The Morgan fingerprint density at radius 2 is 2.05 bits per heavy atom. The van der Waals surface area contributed by atoms with E-state index in [2.05, 4.69) is 26.0 Å². The fourth-order valence-corrected chi connectivity index (χ4v) is 1.62. The van der Waals surface area contributed by atoms with E-state index in [0.29, 0.717) is 5.69 Å². The number of aromatic nitrogens is 1. The van der Waals surface area contributed by atoms with Crippen LogP contribution in [0.15, 0.2) is 36.4 Å². The van der Waals surface area contributed by atoms with Gasteiger partial charge in [-0.2, -0.15) is 5.26 Å². The zero-order valence-electron chi connectivity index (χ0n) is 11.7. The number of carbonyl (C=O) groups is 1. The lowest BCUT2D eigenvalue weighted by Crippen LogP contribution is -2.33. The quantitative estimate of drug-likeness (QED) is 0.598. The van der Waals surface area contributed by atoms with Gasteiger partial charge in [-0.05, 0) is 31.2 Å². The number of hydrazine groups is 1. The lowest BCUT2D eigenvalue weighted by atomic mass is 10.2. The number of pyridine rings is 1. The monoisotopic (exact) mass is 292 g/mol. The Hall–Kier alpha value is -3.58. The van der Waals surface area contributed by atoms with Crippen LogP contribution in [-0.4, -0.2) is 11.0 Å². The molecule has 0 atom stereocenters. The Balaban J connectivity index is 1.98. The van der Waals surface area contributed by atoms with Gasteiger partial charge in [0.1, 0.15) is 17.6 Å². The molecule has 0 saturated heterocycles. The number of hydrogen-bond acceptors (Lipinski definition) is 4. The number of anilines is 2. The zero-order chi connectivity index (χ0) is 15.9. The summed E-state index contributed by atoms with van der Waals surface area (Å²) in [6, 6.07) is 11.5. The van der Waals surface area contributed by atoms with E-state index in [0.717, 1.165) is 5.56 Å². The normalized spacial score (nSPS) is 9.23. The zero-order valence-corrected chi connectivity index (χ0v) is 11.7. The van der Waals surface area contributed by atoms with Crippen molar-refractivity contribution in [3.05, 3.63) is 59.1 Å². The van der Waals surface area contributed by atoms with Gasteiger partial charge in [0.25, 0.3) is 0 Å². The van der Waals surface area contributed by atoms with Crippen molar-refractivity contribution in [2.75, 3.05) is 10.7 Å². The number of benzene rings is 1. The summed E-state index contributed by atoms with van der Waals surface area (Å²) in [5.74, 6) is 0.212. The largest absolute Gasteiger partial charge is 0.337 e. The number of urea groups is 1. The highest BCUT2D eigenvalue weighted by Crippen LogP contribution is 2.17. The molecule has 0 aliphatic heterocycles. The van der Waals surface area contributed by atoms with Crippen molar-refractivity contribution >= 4 is 23.2 Å². The second-order valence-electron chi connectivity index (χ2n) is 4.39. The molecular formula is C15H12N6O. The number of rotatable bonds is 3. The minimum atomic E-state index is -0.489. The number of amides is 2. The lowest BCUT2D eigenvalue weighted by Gasteiger charge is -2.10. The van der Waals surface area contributed by atoms with E-state index >= 15 is 0 Å². The van der Waals surface area contributed by atoms with Crippen molar-refractivity contribution in [3.63, 3.8) is 0 Å². The Bertz CT molecular complexity index is 738. The fraction of sp³-hybridized carbons (Fsp3) is 0.0667. The van der Waals surface area contributed by atoms with Gasteiger partial charge in [-0.3, -0.25) is 10.9 Å². The molecular weight excluding hydrogens is 280 g/mol. The second-order valence-corrected chi connectivity index (χ2v) is 4.39. The van der Waals surface area contributed by atoms with Crippen molar-refractivity contribution in [1.82, 2.24) is 10.4 Å². The van der Waals surface area contributed by atoms with Crippen molar-refractivity contribution in [3.8, 4) is 6.07 Å². The van der Waals surface area contributed by atoms with Gasteiger partial charge < -0.3 is 5.32 Å². The predicted octanol–water partition coefficient (Wildman–Crippen LogP) is 2.96. The minimum absolute atomic E-state index is 0.0942. The molecule has 108 valence electrons. The van der Waals surface area contributed by atoms with Gasteiger partial charge in [0, 0.05) is 5.69 Å². The van der Waals surface area contributed by atoms with Gasteiger partial charge in [0.2, 0.25) is 0 Å². The summed E-state index contributed by atoms with van der Waals surface area (Å²) < 4.78 is 0. The summed E-state index contributed by atoms with van der Waals surface area (Å²) in [6.07, 6.45) is 0. The maximum absolute atomic E-state index is 11.7. The van der Waals surface area contributed by atoms with Crippen molar-refractivity contribution < 1.29 is 4.79 Å². The highest BCUT2D eigenvalue weighted by molar-refractivity contribution is 5.89. The van der Waals surface area contributed by atoms with Gasteiger partial charge in [0.05, 0.1) is 6.57 Å². The molecule has 0 aliphatic carbocycles. The summed E-state index contributed by atoms with van der Waals surface area (Å²) in [6.45, 7) is 8.91. The number of carbonyl (C=O) groups excluding carboxylic acids is 1. The standard InChI is InChI=1S/C15H12N6O/c1-10-3-5-11(6-4-10)19-15(22)21-20-14-8-12(17-2)7-13(9-16)18-14/h3-8H,1H3,(H,18,20)(H2,19,21,22). The van der Waals surface area contributed by atoms with E-state index in [1.165, 1.54) is 12.1 Å². The molecule has 0 fully saturated rings. The van der Waals surface area contributed by atoms with Crippen LogP contribution in [-0.2, 0) is 0 Å². The molecule has 0 unspecified atom stereocenters. The van der Waals surface area contributed by atoms with E-state index in [9.17, 15) is 4.79 Å². The summed E-state index contributed by atoms with van der Waals surface area (Å²) in [5.41, 5.74) is 7.04. The van der Waals surface area contributed by atoms with E-state index in [4.69, 9.17) is 11.8 Å². The Morgan fingerprint density at radius 3 is 2.68 bits per heavy atom. The first-order valence-corrected chi connectivity index (χ1v) is 6.30. The first-order chi connectivity index (χ1) is 10.6. The van der Waals surface area contributed by atoms with Gasteiger partial charge in [-0.25, -0.2) is 14.6 Å². The van der Waals surface area contributed by atoms with Crippen LogP contribution < -0.4 is 16.2 Å². The molecule has 3 N–H and O–H groups in total. The summed E-state index contributed by atoms with van der Waals surface area (Å²) in [7, 11) is 0. The van der Waals surface area contributed by atoms with Gasteiger partial charge in [-0.1, -0.05) is 17.7 Å². The average molecular weight is 292 g/mol. The van der Waals surface area contributed by atoms with E-state index in [-0.39, 0.29) is 17.2 Å². The Kier molecular flexibility index (Phi) is 4.53. The summed E-state index contributed by atoms with van der Waals surface area (Å²) in [4.78, 5) is 18.9. The van der Waals surface area contributed by atoms with Crippen LogP contribution in [0, 0.1) is 24.8 Å². The average Bonchev–Trinajstić information content (AvgIpc) is 2.54. The van der Waals surface area contributed by atoms with Crippen molar-refractivity contribution in [2.45, 2.75) is 6.92 Å². The topological polar surface area (TPSA) is 94.2 Å². The summed E-state index contributed by atoms with van der Waals surface area (Å²) in [5, 5.41) is 11.5. The van der Waals surface area contributed by atoms with Crippen LogP contribution in [0.4, 0.5) is 22.0 Å². The maximum atomic E-state index is 11.7. The highest BCUT2D eigenvalue weighted by Gasteiger charge is 2.04. The van der Waals surface area contributed by atoms with Crippen LogP contribution in [0.2, 0.25) is 0 Å². The van der Waals surface area contributed by atoms with Crippen LogP contribution in [0.25, 0.3) is 4.85 Å². The highest BCUT2D eigenvalue weighted by atomic mass is 16.2. The molecule has 0 bridgehead atoms. The molecule has 1 aromatic carbocycles. The molecule has 0 spiro atoms. The van der Waals surface area contributed by atoms with Crippen LogP contribution in [0.5, 0.6) is 0 Å². The van der Waals surface area contributed by atoms with Gasteiger partial charge in [-0.15, -0.1) is 0 Å². The SMILES string of the molecule is [C-]#[N+]c1cc(C#N)nc(NNC(=O)Nc2ccc(C)cc2)c1. The Labute approximate surface area is 127 Å². The molecule has 22 heavy (non-hydrogen) atoms. The molecule has 2 aromatic rings. The van der Waals surface area contributed by atoms with E-state index in [1.807, 2.05) is 25.1 Å². The third-order valence-electron chi connectivity index (χ3n) is 2.67. The van der Waals surface area contributed by atoms with Gasteiger partial charge in [0.15, 0.2) is 5.69 Å². The molecule has 0 radical (unpaired) electrons. The van der Waals surface area contributed by atoms with Crippen molar-refractivity contribution in [1.29, 1.82) is 5.26 Å². The third kappa shape index (κ3) is 3.95. The van der Waals surface area contributed by atoms with E-state index < -0.39 is 6.03 Å². The first-order valence-electron chi connectivity index (χ1n) is 6.30. The number of nitrogens with one attached hydrogen (secondary N) is 3. The first kappa shape index (κ1) is 14.8. The molecule has 7 heteroatoms. The fourth-order valence-electron chi connectivity index (χ4n) is 1.62. The van der Waals surface area contributed by atoms with Crippen LogP contribution in [0.3, 0.4) is 0 Å². The lowest BCUT2D eigenvalue weighted by molar-refractivity contribution is 0.254. The molecule has 0 aliphatic rings. The maximum Gasteiger partial charge on any atom is 0.337 e. The molecule has 0 saturated carbocycles. The number of nitrogens with zero attached hydrogens (tertiary/aromatic N) is 3. The van der Waals surface area contributed by atoms with Crippen LogP contribution in [0.1, 0.15) is 11.3 Å². The molecule has 2 amide bonds. The van der Waals surface area contributed by atoms with Gasteiger partial charge >= 0.3 is 6.03 Å². The van der Waals surface area contributed by atoms with Crippen LogP contribution >= 0.6 is 0 Å². The third-order valence-corrected chi connectivity index (χ3v) is 2.67. The predicted molar refractivity (Wildman–Crippen MR) is 82.2 cm³/mol. The summed E-state index contributed by atoms with van der Waals surface area (Å²) >= 11 is 0.